The van der Waals surface area contributed by atoms with Gasteiger partial charge in [0.25, 0.3) is 0 Å². The maximum atomic E-state index is 5.55. The molecule has 0 bridgehead atoms. The number of nitrogens with two attached hydrogens (primary N) is 1. The van der Waals surface area contributed by atoms with E-state index in [1.54, 1.807) is 4.90 Å². The van der Waals surface area contributed by atoms with E-state index < -0.39 is 0 Å². The van der Waals surface area contributed by atoms with E-state index in [4.69, 9.17) is 5.73 Å². The van der Waals surface area contributed by atoms with Gasteiger partial charge in [-0.2, -0.15) is 0 Å². The molecule has 0 unspecified atom stereocenters. The molecule has 4 heteroatoms. The van der Waals surface area contributed by atoms with Crippen LogP contribution in [0.25, 0.3) is 0 Å². The second-order valence-corrected chi connectivity index (χ2v) is 2.49. The number of hydrogen-bond acceptors (Lipinski definition) is 1. The van der Waals surface area contributed by atoms with Crippen molar-refractivity contribution in [2.45, 2.75) is 13.3 Å². The Labute approximate surface area is 91.7 Å². The Bertz CT molecular complexity index is 152. The fourth-order valence-corrected chi connectivity index (χ4v) is 0.562. The molecule has 0 aromatic rings. The highest BCUT2D eigenvalue weighted by atomic mass is 127. The van der Waals surface area contributed by atoms with Crippen LogP contribution in [0.2, 0.25) is 0 Å². The SMILES string of the molecule is C/C=C/CCN=C(N)N(C)C.I. The minimum absolute atomic E-state index is 0. The molecule has 2 N–H and O–H groups in total. The van der Waals surface area contributed by atoms with Gasteiger partial charge in [-0.05, 0) is 13.3 Å². The lowest BCUT2D eigenvalue weighted by Crippen LogP contribution is -2.30. The van der Waals surface area contributed by atoms with E-state index in [-0.39, 0.29) is 24.0 Å². The first-order valence-electron chi connectivity index (χ1n) is 3.77. The summed E-state index contributed by atoms with van der Waals surface area (Å²) < 4.78 is 0. The molecule has 3 nitrogen and oxygen atoms in total. The molecule has 72 valence electrons. The van der Waals surface area contributed by atoms with Gasteiger partial charge in [0.15, 0.2) is 5.96 Å². The Morgan fingerprint density at radius 3 is 2.50 bits per heavy atom. The van der Waals surface area contributed by atoms with Gasteiger partial charge < -0.3 is 10.6 Å². The minimum atomic E-state index is 0. The highest BCUT2D eigenvalue weighted by Gasteiger charge is 1.90. The molecule has 0 aromatic carbocycles. The topological polar surface area (TPSA) is 41.6 Å². The molecular formula is C8H18IN3. The highest BCUT2D eigenvalue weighted by Crippen LogP contribution is 1.84. The molecule has 0 amide bonds. The normalized spacial score (nSPS) is 11.4. The lowest BCUT2D eigenvalue weighted by atomic mass is 10.4. The molecule has 0 atom stereocenters. The molecule has 0 fully saturated rings. The maximum absolute atomic E-state index is 5.55. The fraction of sp³-hybridized carbons (Fsp3) is 0.625. The molecule has 0 radical (unpaired) electrons. The summed E-state index contributed by atoms with van der Waals surface area (Å²) in [6.45, 7) is 2.77. The van der Waals surface area contributed by atoms with Crippen molar-refractivity contribution in [3.8, 4) is 0 Å². The van der Waals surface area contributed by atoms with Crippen LogP contribution >= 0.6 is 24.0 Å². The van der Waals surface area contributed by atoms with Gasteiger partial charge >= 0.3 is 0 Å². The van der Waals surface area contributed by atoms with Crippen molar-refractivity contribution in [1.29, 1.82) is 0 Å². The fourth-order valence-electron chi connectivity index (χ4n) is 0.562. The predicted octanol–water partition coefficient (Wildman–Crippen LogP) is 1.45. The average Bonchev–Trinajstić information content (AvgIpc) is 1.97. The average molecular weight is 283 g/mol. The summed E-state index contributed by atoms with van der Waals surface area (Å²) in [6.07, 6.45) is 5.05. The monoisotopic (exact) mass is 283 g/mol. The number of rotatable bonds is 3. The third kappa shape index (κ3) is 7.84. The van der Waals surface area contributed by atoms with Crippen LogP contribution in [-0.4, -0.2) is 31.5 Å². The quantitative estimate of drug-likeness (QED) is 0.280. The molecule has 0 saturated carbocycles. The van der Waals surface area contributed by atoms with Crippen LogP contribution in [0.5, 0.6) is 0 Å². The Hall–Kier alpha value is -0.260. The molecule has 0 aromatic heterocycles. The Balaban J connectivity index is 0. The van der Waals surface area contributed by atoms with E-state index in [0.717, 1.165) is 13.0 Å². The van der Waals surface area contributed by atoms with Gasteiger partial charge in [0.2, 0.25) is 0 Å². The Kier molecular flexibility index (Phi) is 10.5. The van der Waals surface area contributed by atoms with Crippen molar-refractivity contribution in [1.82, 2.24) is 4.90 Å². The lowest BCUT2D eigenvalue weighted by molar-refractivity contribution is 0.609. The van der Waals surface area contributed by atoms with Crippen molar-refractivity contribution < 1.29 is 0 Å². The van der Waals surface area contributed by atoms with E-state index in [1.165, 1.54) is 0 Å². The molecule has 0 rings (SSSR count). The summed E-state index contributed by atoms with van der Waals surface area (Å²) in [7, 11) is 3.77. The third-order valence-corrected chi connectivity index (χ3v) is 1.26. The third-order valence-electron chi connectivity index (χ3n) is 1.26. The summed E-state index contributed by atoms with van der Waals surface area (Å²) >= 11 is 0. The van der Waals surface area contributed by atoms with Gasteiger partial charge in [-0.15, -0.1) is 24.0 Å². The highest BCUT2D eigenvalue weighted by molar-refractivity contribution is 14.0. The number of aliphatic imine (C=N–C) groups is 1. The molecule has 0 aliphatic heterocycles. The van der Waals surface area contributed by atoms with Gasteiger partial charge in [0, 0.05) is 20.6 Å². The first-order valence-corrected chi connectivity index (χ1v) is 3.77. The molecule has 0 heterocycles. The van der Waals surface area contributed by atoms with Gasteiger partial charge in [0.05, 0.1) is 0 Å². The standard InChI is InChI=1S/C8H17N3.HI/c1-4-5-6-7-10-8(9)11(2)3;/h4-5H,6-7H2,1-3H3,(H2,9,10);1H/b5-4+;. The first kappa shape index (κ1) is 14.3. The van der Waals surface area contributed by atoms with Crippen LogP contribution in [0.1, 0.15) is 13.3 Å². The second-order valence-electron chi connectivity index (χ2n) is 2.49. The number of halogens is 1. The summed E-state index contributed by atoms with van der Waals surface area (Å²) in [4.78, 5) is 5.93. The zero-order valence-electron chi connectivity index (χ0n) is 7.95. The van der Waals surface area contributed by atoms with Gasteiger partial charge in [-0.1, -0.05) is 12.2 Å². The maximum Gasteiger partial charge on any atom is 0.190 e. The lowest BCUT2D eigenvalue weighted by Gasteiger charge is -2.09. The Morgan fingerprint density at radius 1 is 1.50 bits per heavy atom. The van der Waals surface area contributed by atoms with Crippen molar-refractivity contribution >= 4 is 29.9 Å². The number of hydrogen-bond donors (Lipinski definition) is 1. The zero-order valence-corrected chi connectivity index (χ0v) is 10.3. The summed E-state index contributed by atoms with van der Waals surface area (Å²) in [6, 6.07) is 0. The minimum Gasteiger partial charge on any atom is -0.370 e. The number of allylic oxidation sites excluding steroid dienone is 1. The predicted molar refractivity (Wildman–Crippen MR) is 65.0 cm³/mol. The zero-order chi connectivity index (χ0) is 8.69. The molecule has 12 heavy (non-hydrogen) atoms. The summed E-state index contributed by atoms with van der Waals surface area (Å²) in [5, 5.41) is 0. The van der Waals surface area contributed by atoms with Crippen LogP contribution in [-0.2, 0) is 0 Å². The summed E-state index contributed by atoms with van der Waals surface area (Å²) in [5.74, 6) is 0.592. The van der Waals surface area contributed by atoms with Crippen LogP contribution < -0.4 is 5.73 Å². The van der Waals surface area contributed by atoms with Gasteiger partial charge in [0.1, 0.15) is 0 Å². The van der Waals surface area contributed by atoms with Crippen molar-refractivity contribution in [2.24, 2.45) is 10.7 Å². The molecule has 0 spiro atoms. The van der Waals surface area contributed by atoms with Crippen molar-refractivity contribution in [3.05, 3.63) is 12.2 Å². The smallest absolute Gasteiger partial charge is 0.190 e. The van der Waals surface area contributed by atoms with E-state index >= 15 is 0 Å². The molecule has 0 aliphatic carbocycles. The van der Waals surface area contributed by atoms with E-state index in [2.05, 4.69) is 11.1 Å². The van der Waals surface area contributed by atoms with E-state index in [9.17, 15) is 0 Å². The van der Waals surface area contributed by atoms with Crippen molar-refractivity contribution in [2.75, 3.05) is 20.6 Å². The van der Waals surface area contributed by atoms with Crippen LogP contribution in [0.3, 0.4) is 0 Å². The molecule has 0 aliphatic rings. The summed E-state index contributed by atoms with van der Waals surface area (Å²) in [5.41, 5.74) is 5.55. The molecule has 0 saturated heterocycles. The van der Waals surface area contributed by atoms with Crippen LogP contribution in [0.15, 0.2) is 17.1 Å². The van der Waals surface area contributed by atoms with Crippen LogP contribution in [0, 0.1) is 0 Å². The van der Waals surface area contributed by atoms with Gasteiger partial charge in [-0.25, -0.2) is 0 Å². The van der Waals surface area contributed by atoms with E-state index in [0.29, 0.717) is 5.96 Å². The number of guanidine groups is 1. The van der Waals surface area contributed by atoms with Crippen molar-refractivity contribution in [3.63, 3.8) is 0 Å². The first-order chi connectivity index (χ1) is 5.18. The number of nitrogens with zero attached hydrogens (tertiary/aromatic N) is 2. The van der Waals surface area contributed by atoms with E-state index in [1.807, 2.05) is 27.1 Å². The Morgan fingerprint density at radius 2 is 2.08 bits per heavy atom. The second kappa shape index (κ2) is 8.83. The van der Waals surface area contributed by atoms with Gasteiger partial charge in [-0.3, -0.25) is 4.99 Å². The van der Waals surface area contributed by atoms with Crippen LogP contribution in [0.4, 0.5) is 0 Å². The molecular weight excluding hydrogens is 265 g/mol. The largest absolute Gasteiger partial charge is 0.370 e.